The highest BCUT2D eigenvalue weighted by Crippen LogP contribution is 2.15. The maximum Gasteiger partial charge on any atom is 0.254 e. The van der Waals surface area contributed by atoms with E-state index in [1.54, 1.807) is 23.0 Å². The van der Waals surface area contributed by atoms with Crippen molar-refractivity contribution in [1.82, 2.24) is 14.5 Å². The molecule has 2 heterocycles. The quantitative estimate of drug-likeness (QED) is 0.619. The number of benzene rings is 1. The monoisotopic (exact) mass is 376 g/mol. The molecule has 0 bridgehead atoms. The Kier molecular flexibility index (Phi) is 7.35. The summed E-state index contributed by atoms with van der Waals surface area (Å²) >= 11 is 0. The molecule has 1 aromatic carbocycles. The van der Waals surface area contributed by atoms with Gasteiger partial charge in [-0.15, -0.1) is 12.8 Å². The molecule has 0 radical (unpaired) electrons. The number of nitrogens with zero attached hydrogens (tertiary/aromatic N) is 4. The van der Waals surface area contributed by atoms with Crippen molar-refractivity contribution in [3.05, 3.63) is 82.3 Å². The van der Waals surface area contributed by atoms with Crippen LogP contribution >= 0.6 is 0 Å². The summed E-state index contributed by atoms with van der Waals surface area (Å²) in [6.07, 6.45) is 11.3. The minimum Gasteiger partial charge on any atom is -0.485 e. The number of pyridine rings is 1. The van der Waals surface area contributed by atoms with E-state index in [0.29, 0.717) is 18.1 Å². The van der Waals surface area contributed by atoms with Crippen molar-refractivity contribution < 1.29 is 4.74 Å². The lowest BCUT2D eigenvalue weighted by molar-refractivity contribution is 0.294. The van der Waals surface area contributed by atoms with E-state index in [0.717, 1.165) is 16.9 Å². The lowest BCUT2D eigenvalue weighted by atomic mass is 10.2. The van der Waals surface area contributed by atoms with Crippen LogP contribution in [0.5, 0.6) is 5.75 Å². The van der Waals surface area contributed by atoms with Crippen LogP contribution in [0.3, 0.4) is 0 Å². The zero-order valence-electron chi connectivity index (χ0n) is 16.4. The van der Waals surface area contributed by atoms with E-state index >= 15 is 0 Å². The molecule has 3 rings (SSSR count). The molecule has 144 valence electrons. The first-order valence-corrected chi connectivity index (χ1v) is 8.73. The smallest absolute Gasteiger partial charge is 0.254 e. The van der Waals surface area contributed by atoms with E-state index in [2.05, 4.69) is 22.8 Å². The molecule has 0 saturated heterocycles. The largest absolute Gasteiger partial charge is 0.485 e. The van der Waals surface area contributed by atoms with Gasteiger partial charge < -0.3 is 14.2 Å². The molecular weight excluding hydrogens is 352 g/mol. The minimum atomic E-state index is -0.0920. The summed E-state index contributed by atoms with van der Waals surface area (Å²) in [6.45, 7) is 2.66. The first kappa shape index (κ1) is 20.7. The van der Waals surface area contributed by atoms with Crippen LogP contribution in [0.15, 0.2) is 59.7 Å². The van der Waals surface area contributed by atoms with Crippen LogP contribution in [0.2, 0.25) is 0 Å². The SMILES string of the molecule is C#C.Cc1cc(OCc2ncccn2)cc(=O)n1Cc1ccc(N(C)C)cc1. The van der Waals surface area contributed by atoms with Crippen molar-refractivity contribution >= 4 is 5.69 Å². The Morgan fingerprint density at radius 2 is 1.71 bits per heavy atom. The molecule has 3 aromatic rings. The number of ether oxygens (including phenoxy) is 1. The van der Waals surface area contributed by atoms with Crippen molar-refractivity contribution in [2.75, 3.05) is 19.0 Å². The van der Waals surface area contributed by atoms with Gasteiger partial charge in [-0.1, -0.05) is 12.1 Å². The van der Waals surface area contributed by atoms with E-state index in [4.69, 9.17) is 4.74 Å². The average Bonchev–Trinajstić information content (AvgIpc) is 2.72. The van der Waals surface area contributed by atoms with Gasteiger partial charge in [0.05, 0.1) is 6.54 Å². The van der Waals surface area contributed by atoms with Crippen molar-refractivity contribution in [1.29, 1.82) is 0 Å². The Morgan fingerprint density at radius 3 is 2.29 bits per heavy atom. The van der Waals surface area contributed by atoms with E-state index in [1.165, 1.54) is 6.07 Å². The topological polar surface area (TPSA) is 60.3 Å². The van der Waals surface area contributed by atoms with E-state index in [-0.39, 0.29) is 12.2 Å². The molecule has 0 saturated carbocycles. The van der Waals surface area contributed by atoms with Gasteiger partial charge in [0.25, 0.3) is 5.56 Å². The number of rotatable bonds is 6. The normalized spacial score (nSPS) is 9.89. The fourth-order valence-electron chi connectivity index (χ4n) is 2.62. The van der Waals surface area contributed by atoms with Gasteiger partial charge in [-0.05, 0) is 36.8 Å². The van der Waals surface area contributed by atoms with Crippen LogP contribution in [0.1, 0.15) is 17.1 Å². The molecule has 0 atom stereocenters. The highest BCUT2D eigenvalue weighted by atomic mass is 16.5. The molecule has 28 heavy (non-hydrogen) atoms. The summed E-state index contributed by atoms with van der Waals surface area (Å²) in [4.78, 5) is 22.8. The molecule has 6 heteroatoms. The Hall–Kier alpha value is -3.59. The molecule has 0 fully saturated rings. The molecule has 0 spiro atoms. The first-order chi connectivity index (χ1) is 13.5. The van der Waals surface area contributed by atoms with Crippen molar-refractivity contribution in [3.8, 4) is 18.6 Å². The zero-order chi connectivity index (χ0) is 20.5. The Bertz CT molecular complexity index is 961. The van der Waals surface area contributed by atoms with Crippen LogP contribution in [0.4, 0.5) is 5.69 Å². The predicted molar refractivity (Wildman–Crippen MR) is 112 cm³/mol. The average molecular weight is 376 g/mol. The Morgan fingerprint density at radius 1 is 1.07 bits per heavy atom. The van der Waals surface area contributed by atoms with Gasteiger partial charge in [-0.3, -0.25) is 4.79 Å². The minimum absolute atomic E-state index is 0.0920. The van der Waals surface area contributed by atoms with Gasteiger partial charge in [-0.25, -0.2) is 9.97 Å². The van der Waals surface area contributed by atoms with Crippen LogP contribution in [-0.4, -0.2) is 28.6 Å². The molecule has 6 nitrogen and oxygen atoms in total. The summed E-state index contributed by atoms with van der Waals surface area (Å²) < 4.78 is 7.39. The van der Waals surface area contributed by atoms with Gasteiger partial charge in [0.2, 0.25) is 0 Å². The van der Waals surface area contributed by atoms with Gasteiger partial charge >= 0.3 is 0 Å². The van der Waals surface area contributed by atoms with Gasteiger partial charge in [-0.2, -0.15) is 0 Å². The van der Waals surface area contributed by atoms with Crippen LogP contribution in [0, 0.1) is 19.8 Å². The van der Waals surface area contributed by atoms with Gasteiger partial charge in [0.15, 0.2) is 5.82 Å². The molecule has 0 aliphatic heterocycles. The first-order valence-electron chi connectivity index (χ1n) is 8.73. The number of terminal acetylenes is 1. The molecular formula is C22H24N4O2. The van der Waals surface area contributed by atoms with E-state index < -0.39 is 0 Å². The standard InChI is InChI=1S/C20H22N4O2.C2H2/c1-15-11-18(26-14-19-21-9-4-10-22-19)12-20(25)24(15)13-16-5-7-17(8-6-16)23(2)3;1-2/h4-12H,13-14H2,1-3H3;1-2H. The van der Waals surface area contributed by atoms with E-state index in [1.807, 2.05) is 56.3 Å². The summed E-state index contributed by atoms with van der Waals surface area (Å²) in [7, 11) is 4.01. The summed E-state index contributed by atoms with van der Waals surface area (Å²) in [6, 6.07) is 13.3. The zero-order valence-corrected chi connectivity index (χ0v) is 16.4. The fourth-order valence-corrected chi connectivity index (χ4v) is 2.62. The summed E-state index contributed by atoms with van der Waals surface area (Å²) in [5.41, 5.74) is 2.96. The number of hydrogen-bond acceptors (Lipinski definition) is 5. The van der Waals surface area contributed by atoms with Crippen molar-refractivity contribution in [3.63, 3.8) is 0 Å². The summed E-state index contributed by atoms with van der Waals surface area (Å²) in [5.74, 6) is 1.11. The maximum absolute atomic E-state index is 12.5. The predicted octanol–water partition coefficient (Wildman–Crippen LogP) is 2.89. The Balaban J connectivity index is 0.00000136. The second-order valence-electron chi connectivity index (χ2n) is 6.27. The third-order valence-corrected chi connectivity index (χ3v) is 4.09. The molecule has 0 N–H and O–H groups in total. The molecule has 0 amide bonds. The van der Waals surface area contributed by atoms with Gasteiger partial charge in [0, 0.05) is 43.9 Å². The third kappa shape index (κ3) is 5.45. The fraction of sp³-hybridized carbons (Fsp3) is 0.227. The number of hydrogen-bond donors (Lipinski definition) is 0. The maximum atomic E-state index is 12.5. The number of aromatic nitrogens is 3. The van der Waals surface area contributed by atoms with Crippen LogP contribution in [0.25, 0.3) is 0 Å². The Labute approximate surface area is 165 Å². The second-order valence-corrected chi connectivity index (χ2v) is 6.27. The van der Waals surface area contributed by atoms with Crippen LogP contribution in [-0.2, 0) is 13.2 Å². The lowest BCUT2D eigenvalue weighted by Crippen LogP contribution is -2.22. The van der Waals surface area contributed by atoms with E-state index in [9.17, 15) is 4.79 Å². The third-order valence-electron chi connectivity index (χ3n) is 4.09. The highest BCUT2D eigenvalue weighted by Gasteiger charge is 2.07. The highest BCUT2D eigenvalue weighted by molar-refractivity contribution is 5.46. The van der Waals surface area contributed by atoms with Gasteiger partial charge in [0.1, 0.15) is 12.4 Å². The molecule has 0 aliphatic rings. The molecule has 2 aromatic heterocycles. The molecule has 0 unspecified atom stereocenters. The van der Waals surface area contributed by atoms with Crippen molar-refractivity contribution in [2.45, 2.75) is 20.1 Å². The molecule has 0 aliphatic carbocycles. The van der Waals surface area contributed by atoms with Crippen molar-refractivity contribution in [2.24, 2.45) is 0 Å². The number of aryl methyl sites for hydroxylation is 1. The summed E-state index contributed by atoms with van der Waals surface area (Å²) in [5, 5.41) is 0. The second kappa shape index (κ2) is 9.93. The number of anilines is 1. The van der Waals surface area contributed by atoms with Crippen LogP contribution < -0.4 is 15.2 Å². The lowest BCUT2D eigenvalue weighted by Gasteiger charge is -2.15.